The smallest absolute Gasteiger partial charge is 0.407 e. The average molecular weight is 623 g/mol. The Hall–Kier alpha value is -2.52. The first-order valence-electron chi connectivity index (χ1n) is 13.8. The normalized spacial score (nSPS) is 15.1. The third-order valence-corrected chi connectivity index (χ3v) is 6.32. The second-order valence-corrected chi connectivity index (χ2v) is 11.8. The summed E-state index contributed by atoms with van der Waals surface area (Å²) in [5.74, 6) is 0.216. The van der Waals surface area contributed by atoms with Crippen LogP contribution in [-0.2, 0) is 43.4 Å². The van der Waals surface area contributed by atoms with E-state index >= 15 is 0 Å². The second-order valence-electron chi connectivity index (χ2n) is 10.3. The number of ether oxygens (including phenoxy) is 5. The molecular formula is C26H46N4O11S. The molecule has 0 aromatic carbocycles. The molecule has 0 saturated carbocycles. The Morgan fingerprint density at radius 3 is 2.00 bits per heavy atom. The van der Waals surface area contributed by atoms with Crippen LogP contribution in [0.15, 0.2) is 0 Å². The SMILES string of the molecule is C#CCOCCOCCOCCOCCC(=O)N[C@@H](CS(=O)(=O)O)C(=O)N1CCN(CCNC(=O)OC(C)(C)C)CC1. The van der Waals surface area contributed by atoms with Crippen LogP contribution in [0.25, 0.3) is 0 Å². The lowest BCUT2D eigenvalue weighted by atomic mass is 10.2. The molecular weight excluding hydrogens is 576 g/mol. The standard InChI is InChI=1S/C26H46N4O11S/c1-5-13-37-15-17-39-19-20-40-18-16-38-14-6-23(31)28-22(21-42(34,35)36)24(32)30-11-9-29(10-12-30)8-7-27-25(33)41-26(2,3)4/h1,22H,6-21H2,2-4H3,(H,27,33)(H,28,31)(H,34,35,36)/t22-/m0/s1. The molecule has 1 aliphatic rings. The van der Waals surface area contributed by atoms with Crippen molar-refractivity contribution in [2.24, 2.45) is 0 Å². The predicted octanol–water partition coefficient (Wildman–Crippen LogP) is -0.882. The first-order chi connectivity index (χ1) is 19.8. The molecule has 16 heteroatoms. The van der Waals surface area contributed by atoms with Crippen molar-refractivity contribution in [1.82, 2.24) is 20.4 Å². The lowest BCUT2D eigenvalue weighted by molar-refractivity contribution is -0.137. The number of rotatable bonds is 20. The monoisotopic (exact) mass is 622 g/mol. The average Bonchev–Trinajstić information content (AvgIpc) is 2.89. The molecule has 0 bridgehead atoms. The first-order valence-corrected chi connectivity index (χ1v) is 15.4. The van der Waals surface area contributed by atoms with Gasteiger partial charge in [-0.15, -0.1) is 6.42 Å². The van der Waals surface area contributed by atoms with Crippen LogP contribution in [0.2, 0.25) is 0 Å². The number of amides is 3. The molecule has 0 spiro atoms. The van der Waals surface area contributed by atoms with E-state index in [4.69, 9.17) is 30.1 Å². The Labute approximate surface area is 248 Å². The Balaban J connectivity index is 2.31. The minimum Gasteiger partial charge on any atom is -0.444 e. The summed E-state index contributed by atoms with van der Waals surface area (Å²) in [7, 11) is -4.54. The molecule has 3 N–H and O–H groups in total. The molecule has 3 amide bonds. The molecule has 242 valence electrons. The summed E-state index contributed by atoms with van der Waals surface area (Å²) in [6.07, 6.45) is 4.43. The number of hydrogen-bond donors (Lipinski definition) is 3. The fourth-order valence-corrected chi connectivity index (χ4v) is 4.30. The number of nitrogens with zero attached hydrogens (tertiary/aromatic N) is 2. The molecule has 15 nitrogen and oxygen atoms in total. The topological polar surface area (TPSA) is 182 Å². The highest BCUT2D eigenvalue weighted by molar-refractivity contribution is 7.85. The lowest BCUT2D eigenvalue weighted by Crippen LogP contribution is -2.57. The molecule has 0 aromatic heterocycles. The van der Waals surface area contributed by atoms with E-state index in [9.17, 15) is 27.4 Å². The first kappa shape index (κ1) is 37.5. The number of nitrogens with one attached hydrogen (secondary N) is 2. The largest absolute Gasteiger partial charge is 0.444 e. The van der Waals surface area contributed by atoms with Gasteiger partial charge in [0.15, 0.2) is 0 Å². The molecule has 0 unspecified atom stereocenters. The fraction of sp³-hybridized carbons (Fsp3) is 0.808. The molecule has 1 atom stereocenters. The number of piperazine rings is 1. The van der Waals surface area contributed by atoms with Gasteiger partial charge in [0, 0.05) is 45.7 Å². The number of carbonyl (C=O) groups is 3. The van der Waals surface area contributed by atoms with Crippen molar-refractivity contribution in [3.05, 3.63) is 0 Å². The van der Waals surface area contributed by atoms with Crippen molar-refractivity contribution in [3.8, 4) is 12.3 Å². The zero-order chi connectivity index (χ0) is 31.4. The van der Waals surface area contributed by atoms with Gasteiger partial charge in [0.05, 0.1) is 46.2 Å². The minimum atomic E-state index is -4.54. The molecule has 0 radical (unpaired) electrons. The van der Waals surface area contributed by atoms with Gasteiger partial charge in [0.1, 0.15) is 24.0 Å². The van der Waals surface area contributed by atoms with Gasteiger partial charge in [-0.05, 0) is 20.8 Å². The Morgan fingerprint density at radius 2 is 1.48 bits per heavy atom. The van der Waals surface area contributed by atoms with Crippen LogP contribution in [-0.4, -0.2) is 150 Å². The van der Waals surface area contributed by atoms with Gasteiger partial charge in [-0.25, -0.2) is 4.79 Å². The summed E-state index contributed by atoms with van der Waals surface area (Å²) in [5, 5.41) is 5.07. The molecule has 1 rings (SSSR count). The van der Waals surface area contributed by atoms with Crippen LogP contribution in [0.4, 0.5) is 4.79 Å². The van der Waals surface area contributed by atoms with Gasteiger partial charge in [0.2, 0.25) is 11.8 Å². The molecule has 1 heterocycles. The van der Waals surface area contributed by atoms with Crippen molar-refractivity contribution in [2.75, 3.05) is 97.9 Å². The second kappa shape index (κ2) is 20.4. The lowest BCUT2D eigenvalue weighted by Gasteiger charge is -2.36. The Kier molecular flexibility index (Phi) is 18.2. The fourth-order valence-electron chi connectivity index (χ4n) is 3.65. The van der Waals surface area contributed by atoms with E-state index in [1.807, 2.05) is 4.90 Å². The summed E-state index contributed by atoms with van der Waals surface area (Å²) >= 11 is 0. The van der Waals surface area contributed by atoms with Gasteiger partial charge in [0.25, 0.3) is 10.1 Å². The van der Waals surface area contributed by atoms with E-state index in [1.54, 1.807) is 20.8 Å². The summed E-state index contributed by atoms with van der Waals surface area (Å²) < 4.78 is 58.6. The highest BCUT2D eigenvalue weighted by Gasteiger charge is 2.31. The van der Waals surface area contributed by atoms with Crippen LogP contribution < -0.4 is 10.6 Å². The zero-order valence-electron chi connectivity index (χ0n) is 24.8. The van der Waals surface area contributed by atoms with Gasteiger partial charge in [-0.2, -0.15) is 8.42 Å². The van der Waals surface area contributed by atoms with Crippen molar-refractivity contribution >= 4 is 28.0 Å². The highest BCUT2D eigenvalue weighted by Crippen LogP contribution is 2.08. The van der Waals surface area contributed by atoms with Crippen LogP contribution in [0.5, 0.6) is 0 Å². The number of terminal acetylenes is 1. The third kappa shape index (κ3) is 19.6. The number of carbonyl (C=O) groups excluding carboxylic acids is 3. The van der Waals surface area contributed by atoms with Gasteiger partial charge in [-0.3, -0.25) is 19.0 Å². The molecule has 1 aliphatic heterocycles. The molecule has 1 saturated heterocycles. The van der Waals surface area contributed by atoms with Crippen LogP contribution in [0.3, 0.4) is 0 Å². The van der Waals surface area contributed by atoms with E-state index in [-0.39, 0.29) is 45.9 Å². The summed E-state index contributed by atoms with van der Waals surface area (Å²) in [6.45, 7) is 10.1. The Morgan fingerprint density at radius 1 is 0.929 bits per heavy atom. The van der Waals surface area contributed by atoms with Crippen molar-refractivity contribution < 1.29 is 51.0 Å². The quantitative estimate of drug-likeness (QED) is 0.0867. The Bertz CT molecular complexity index is 958. The minimum absolute atomic E-state index is 0.0288. The highest BCUT2D eigenvalue weighted by atomic mass is 32.2. The van der Waals surface area contributed by atoms with Crippen LogP contribution in [0, 0.1) is 12.3 Å². The third-order valence-electron chi connectivity index (χ3n) is 5.57. The van der Waals surface area contributed by atoms with E-state index in [0.717, 1.165) is 0 Å². The summed E-state index contributed by atoms with van der Waals surface area (Å²) in [4.78, 5) is 40.6. The van der Waals surface area contributed by atoms with Crippen LogP contribution in [0.1, 0.15) is 27.2 Å². The van der Waals surface area contributed by atoms with Gasteiger partial charge >= 0.3 is 6.09 Å². The van der Waals surface area contributed by atoms with Crippen molar-refractivity contribution in [1.29, 1.82) is 0 Å². The number of hydrogen-bond acceptors (Lipinski definition) is 11. The zero-order valence-corrected chi connectivity index (χ0v) is 25.6. The summed E-state index contributed by atoms with van der Waals surface area (Å²) in [6, 6.07) is -1.44. The molecule has 42 heavy (non-hydrogen) atoms. The molecule has 0 aromatic rings. The van der Waals surface area contributed by atoms with Crippen molar-refractivity contribution in [3.63, 3.8) is 0 Å². The maximum Gasteiger partial charge on any atom is 0.407 e. The maximum absolute atomic E-state index is 13.0. The van der Waals surface area contributed by atoms with Gasteiger partial charge in [-0.1, -0.05) is 5.92 Å². The molecule has 1 fully saturated rings. The maximum atomic E-state index is 13.0. The molecule has 0 aliphatic carbocycles. The van der Waals surface area contributed by atoms with E-state index in [1.165, 1.54) is 4.90 Å². The van der Waals surface area contributed by atoms with E-state index in [2.05, 4.69) is 16.6 Å². The van der Waals surface area contributed by atoms with E-state index in [0.29, 0.717) is 52.6 Å². The van der Waals surface area contributed by atoms with Crippen molar-refractivity contribution in [2.45, 2.75) is 38.8 Å². The van der Waals surface area contributed by atoms with Crippen LogP contribution >= 0.6 is 0 Å². The predicted molar refractivity (Wildman–Crippen MR) is 152 cm³/mol. The summed E-state index contributed by atoms with van der Waals surface area (Å²) in [5.41, 5.74) is -0.595. The van der Waals surface area contributed by atoms with E-state index < -0.39 is 45.4 Å². The van der Waals surface area contributed by atoms with Gasteiger partial charge < -0.3 is 39.2 Å². The number of alkyl carbamates (subject to hydrolysis) is 1.